The Morgan fingerprint density at radius 2 is 2.18 bits per heavy atom. The molecule has 0 atom stereocenters. The van der Waals surface area contributed by atoms with Gasteiger partial charge >= 0.3 is 0 Å². The Morgan fingerprint density at radius 1 is 1.47 bits per heavy atom. The first kappa shape index (κ1) is 13.3. The molecule has 0 aromatic heterocycles. The van der Waals surface area contributed by atoms with Gasteiger partial charge in [-0.05, 0) is 24.6 Å². The quantitative estimate of drug-likeness (QED) is 0.567. The van der Waals surface area contributed by atoms with E-state index in [1.165, 1.54) is 0 Å². The molecule has 0 spiro atoms. The molecule has 0 unspecified atom stereocenters. The molecular weight excluding hydrogens is 218 g/mol. The van der Waals surface area contributed by atoms with E-state index in [0.29, 0.717) is 17.9 Å². The first-order valence-electron chi connectivity index (χ1n) is 5.45. The molecule has 0 bridgehead atoms. The Labute approximate surface area is 101 Å². The van der Waals surface area contributed by atoms with Crippen molar-refractivity contribution in [1.82, 2.24) is 0 Å². The van der Waals surface area contributed by atoms with Crippen molar-refractivity contribution in [2.24, 2.45) is 5.73 Å². The van der Waals surface area contributed by atoms with E-state index in [-0.39, 0.29) is 0 Å². The minimum absolute atomic E-state index is 0.446. The molecule has 17 heavy (non-hydrogen) atoms. The van der Waals surface area contributed by atoms with Gasteiger partial charge in [-0.2, -0.15) is 0 Å². The lowest BCUT2D eigenvalue weighted by Crippen LogP contribution is -2.24. The normalized spacial score (nSPS) is 10.2. The average molecular weight is 237 g/mol. The van der Waals surface area contributed by atoms with Crippen LogP contribution in [0.1, 0.15) is 16.8 Å². The smallest absolute Gasteiger partial charge is 0.250 e. The summed E-state index contributed by atoms with van der Waals surface area (Å²) in [6.45, 7) is 1.45. The van der Waals surface area contributed by atoms with Crippen LogP contribution in [0.4, 0.5) is 11.4 Å². The zero-order chi connectivity index (χ0) is 12.8. The second-order valence-electron chi connectivity index (χ2n) is 3.91. The summed E-state index contributed by atoms with van der Waals surface area (Å²) in [4.78, 5) is 13.3. The van der Waals surface area contributed by atoms with Gasteiger partial charge in [-0.3, -0.25) is 4.79 Å². The molecule has 0 aliphatic carbocycles. The number of carbonyl (C=O) groups excluding carboxylic acids is 1. The minimum Gasteiger partial charge on any atom is -0.399 e. The number of nitrogens with zero attached hydrogens (tertiary/aromatic N) is 1. The van der Waals surface area contributed by atoms with Crippen molar-refractivity contribution in [2.45, 2.75) is 6.42 Å². The number of primary amides is 1. The van der Waals surface area contributed by atoms with E-state index in [9.17, 15) is 4.79 Å². The van der Waals surface area contributed by atoms with Crippen LogP contribution in [0.25, 0.3) is 0 Å². The summed E-state index contributed by atoms with van der Waals surface area (Å²) in [5.74, 6) is -0.446. The van der Waals surface area contributed by atoms with Crippen molar-refractivity contribution >= 4 is 17.3 Å². The van der Waals surface area contributed by atoms with E-state index < -0.39 is 5.91 Å². The van der Waals surface area contributed by atoms with Crippen LogP contribution in [-0.4, -0.2) is 33.2 Å². The summed E-state index contributed by atoms with van der Waals surface area (Å²) in [5, 5.41) is 0. The number of benzene rings is 1. The maximum atomic E-state index is 11.3. The second kappa shape index (κ2) is 6.10. The fourth-order valence-corrected chi connectivity index (χ4v) is 1.64. The number of hydrogen-bond acceptors (Lipinski definition) is 4. The fourth-order valence-electron chi connectivity index (χ4n) is 1.64. The highest BCUT2D eigenvalue weighted by Gasteiger charge is 2.11. The molecule has 0 aliphatic rings. The number of ether oxygens (including phenoxy) is 1. The minimum atomic E-state index is -0.446. The molecular formula is C12H19N3O2. The molecule has 1 aromatic rings. The Balaban J connectivity index is 2.86. The zero-order valence-electron chi connectivity index (χ0n) is 10.3. The number of rotatable bonds is 6. The molecule has 1 rings (SSSR count). The Kier molecular flexibility index (Phi) is 4.78. The first-order valence-corrected chi connectivity index (χ1v) is 5.45. The largest absolute Gasteiger partial charge is 0.399 e. The van der Waals surface area contributed by atoms with Crippen molar-refractivity contribution in [3.63, 3.8) is 0 Å². The molecule has 4 N–H and O–H groups in total. The van der Waals surface area contributed by atoms with Gasteiger partial charge in [-0.25, -0.2) is 0 Å². The number of nitrogen functional groups attached to an aromatic ring is 1. The van der Waals surface area contributed by atoms with E-state index in [2.05, 4.69) is 0 Å². The molecule has 0 saturated carbocycles. The molecule has 0 heterocycles. The Hall–Kier alpha value is -1.75. The first-order chi connectivity index (χ1) is 8.06. The van der Waals surface area contributed by atoms with Gasteiger partial charge in [-0.15, -0.1) is 0 Å². The Morgan fingerprint density at radius 3 is 2.76 bits per heavy atom. The fraction of sp³-hybridized carbons (Fsp3) is 0.417. The van der Waals surface area contributed by atoms with Gasteiger partial charge < -0.3 is 21.1 Å². The maximum absolute atomic E-state index is 11.3. The van der Waals surface area contributed by atoms with Crippen molar-refractivity contribution in [2.75, 3.05) is 37.9 Å². The lowest BCUT2D eigenvalue weighted by Gasteiger charge is -2.21. The van der Waals surface area contributed by atoms with E-state index in [1.807, 2.05) is 11.9 Å². The zero-order valence-corrected chi connectivity index (χ0v) is 10.3. The number of hydrogen-bond donors (Lipinski definition) is 2. The lowest BCUT2D eigenvalue weighted by atomic mass is 10.1. The molecule has 1 aromatic carbocycles. The van der Waals surface area contributed by atoms with Gasteiger partial charge in [0.15, 0.2) is 0 Å². The molecule has 94 valence electrons. The third-order valence-electron chi connectivity index (χ3n) is 2.54. The van der Waals surface area contributed by atoms with Crippen LogP contribution in [0.15, 0.2) is 18.2 Å². The van der Waals surface area contributed by atoms with Crippen LogP contribution >= 0.6 is 0 Å². The van der Waals surface area contributed by atoms with E-state index in [4.69, 9.17) is 16.2 Å². The number of anilines is 2. The third-order valence-corrected chi connectivity index (χ3v) is 2.54. The van der Waals surface area contributed by atoms with Crippen LogP contribution in [0.3, 0.4) is 0 Å². The van der Waals surface area contributed by atoms with Gasteiger partial charge in [0.2, 0.25) is 0 Å². The van der Waals surface area contributed by atoms with Crippen LogP contribution in [0.2, 0.25) is 0 Å². The SMILES string of the molecule is COCCCN(C)c1cc(N)ccc1C(N)=O. The molecule has 1 amide bonds. The predicted molar refractivity (Wildman–Crippen MR) is 69.1 cm³/mol. The number of nitrogens with two attached hydrogens (primary N) is 2. The van der Waals surface area contributed by atoms with Gasteiger partial charge in [-0.1, -0.05) is 0 Å². The summed E-state index contributed by atoms with van der Waals surface area (Å²) >= 11 is 0. The van der Waals surface area contributed by atoms with Crippen LogP contribution in [0.5, 0.6) is 0 Å². The molecule has 5 nitrogen and oxygen atoms in total. The lowest BCUT2D eigenvalue weighted by molar-refractivity contribution is 0.100. The van der Waals surface area contributed by atoms with Gasteiger partial charge in [0.25, 0.3) is 5.91 Å². The number of amides is 1. The number of methoxy groups -OCH3 is 1. The Bertz CT molecular complexity index is 393. The highest BCUT2D eigenvalue weighted by Crippen LogP contribution is 2.22. The van der Waals surface area contributed by atoms with Crippen LogP contribution < -0.4 is 16.4 Å². The topological polar surface area (TPSA) is 81.6 Å². The van der Waals surface area contributed by atoms with Gasteiger partial charge in [0.1, 0.15) is 0 Å². The van der Waals surface area contributed by atoms with E-state index in [0.717, 1.165) is 18.7 Å². The highest BCUT2D eigenvalue weighted by atomic mass is 16.5. The molecule has 5 heteroatoms. The van der Waals surface area contributed by atoms with Crippen LogP contribution in [-0.2, 0) is 4.74 Å². The third kappa shape index (κ3) is 3.64. The van der Waals surface area contributed by atoms with Gasteiger partial charge in [0.05, 0.1) is 11.3 Å². The van der Waals surface area contributed by atoms with Crippen molar-refractivity contribution < 1.29 is 9.53 Å². The predicted octanol–water partition coefficient (Wildman–Crippen LogP) is 0.840. The van der Waals surface area contributed by atoms with Crippen molar-refractivity contribution in [1.29, 1.82) is 0 Å². The monoisotopic (exact) mass is 237 g/mol. The summed E-state index contributed by atoms with van der Waals surface area (Å²) < 4.78 is 4.99. The van der Waals surface area contributed by atoms with E-state index >= 15 is 0 Å². The number of carbonyl (C=O) groups is 1. The molecule has 0 fully saturated rings. The summed E-state index contributed by atoms with van der Waals surface area (Å²) in [5.41, 5.74) is 12.9. The standard InChI is InChI=1S/C12H19N3O2/c1-15(6-3-7-17-2)11-8-9(13)4-5-10(11)12(14)16/h4-5,8H,3,6-7,13H2,1-2H3,(H2,14,16). The molecule has 0 aliphatic heterocycles. The molecule has 0 saturated heterocycles. The highest BCUT2D eigenvalue weighted by molar-refractivity contribution is 5.99. The van der Waals surface area contributed by atoms with Gasteiger partial charge in [0, 0.05) is 33.0 Å². The second-order valence-corrected chi connectivity index (χ2v) is 3.91. The summed E-state index contributed by atoms with van der Waals surface area (Å²) in [6.07, 6.45) is 0.875. The van der Waals surface area contributed by atoms with E-state index in [1.54, 1.807) is 25.3 Å². The average Bonchev–Trinajstić information content (AvgIpc) is 2.28. The molecule has 0 radical (unpaired) electrons. The summed E-state index contributed by atoms with van der Waals surface area (Å²) in [7, 11) is 3.56. The maximum Gasteiger partial charge on any atom is 0.250 e. The summed E-state index contributed by atoms with van der Waals surface area (Å²) in [6, 6.07) is 5.08. The van der Waals surface area contributed by atoms with Crippen molar-refractivity contribution in [3.05, 3.63) is 23.8 Å². The van der Waals surface area contributed by atoms with Crippen LogP contribution in [0, 0.1) is 0 Å². The van der Waals surface area contributed by atoms with Crippen molar-refractivity contribution in [3.8, 4) is 0 Å².